The number of rotatable bonds is 8. The van der Waals surface area contributed by atoms with Crippen molar-refractivity contribution in [1.29, 1.82) is 0 Å². The quantitative estimate of drug-likeness (QED) is 0.559. The number of anilines is 3. The first-order chi connectivity index (χ1) is 14.9. The van der Waals surface area contributed by atoms with E-state index in [9.17, 15) is 13.2 Å². The zero-order valence-electron chi connectivity index (χ0n) is 17.9. The van der Waals surface area contributed by atoms with Crippen molar-refractivity contribution in [2.24, 2.45) is 0 Å². The Bertz CT molecular complexity index is 1130. The SMILES string of the molecule is CCN(CC)c1ccc(NC(=O)c2cccc(S(=O)(=O)N(C)c3ccccc3)c2)cc1. The van der Waals surface area contributed by atoms with Gasteiger partial charge in [0.25, 0.3) is 15.9 Å². The third-order valence-corrected chi connectivity index (χ3v) is 6.91. The molecule has 0 aliphatic heterocycles. The van der Waals surface area contributed by atoms with Gasteiger partial charge < -0.3 is 10.2 Å². The second-order valence-electron chi connectivity index (χ2n) is 7.01. The minimum atomic E-state index is -3.79. The summed E-state index contributed by atoms with van der Waals surface area (Å²) in [5.41, 5.74) is 2.55. The molecule has 0 heterocycles. The number of carbonyl (C=O) groups excluding carboxylic acids is 1. The third kappa shape index (κ3) is 5.06. The van der Waals surface area contributed by atoms with Crippen LogP contribution in [-0.4, -0.2) is 34.5 Å². The highest BCUT2D eigenvalue weighted by molar-refractivity contribution is 7.92. The van der Waals surface area contributed by atoms with Gasteiger partial charge in [0.15, 0.2) is 0 Å². The highest BCUT2D eigenvalue weighted by Gasteiger charge is 2.22. The lowest BCUT2D eigenvalue weighted by Crippen LogP contribution is -2.26. The summed E-state index contributed by atoms with van der Waals surface area (Å²) < 4.78 is 27.2. The van der Waals surface area contributed by atoms with Gasteiger partial charge in [0, 0.05) is 37.1 Å². The zero-order valence-corrected chi connectivity index (χ0v) is 18.8. The summed E-state index contributed by atoms with van der Waals surface area (Å²) in [6.07, 6.45) is 0. The van der Waals surface area contributed by atoms with Gasteiger partial charge in [-0.2, -0.15) is 0 Å². The lowest BCUT2D eigenvalue weighted by atomic mass is 10.2. The predicted molar refractivity (Wildman–Crippen MR) is 126 cm³/mol. The van der Waals surface area contributed by atoms with Crippen LogP contribution in [-0.2, 0) is 10.0 Å². The van der Waals surface area contributed by atoms with Crippen LogP contribution in [0.1, 0.15) is 24.2 Å². The molecular weight excluding hydrogens is 410 g/mol. The van der Waals surface area contributed by atoms with E-state index in [4.69, 9.17) is 0 Å². The number of nitrogens with one attached hydrogen (secondary N) is 1. The second kappa shape index (κ2) is 9.66. The number of nitrogens with zero attached hydrogens (tertiary/aromatic N) is 2. The van der Waals surface area contributed by atoms with Gasteiger partial charge >= 0.3 is 0 Å². The Kier molecular flexibility index (Phi) is 6.97. The molecule has 0 aliphatic carbocycles. The molecule has 0 saturated carbocycles. The van der Waals surface area contributed by atoms with Crippen molar-refractivity contribution in [1.82, 2.24) is 0 Å². The molecule has 0 atom stereocenters. The van der Waals surface area contributed by atoms with E-state index >= 15 is 0 Å². The van der Waals surface area contributed by atoms with E-state index in [-0.39, 0.29) is 16.4 Å². The molecule has 7 heteroatoms. The van der Waals surface area contributed by atoms with Gasteiger partial charge in [-0.25, -0.2) is 8.42 Å². The Morgan fingerprint density at radius 2 is 1.48 bits per heavy atom. The van der Waals surface area contributed by atoms with Gasteiger partial charge in [0.2, 0.25) is 0 Å². The average molecular weight is 438 g/mol. The summed E-state index contributed by atoms with van der Waals surface area (Å²) in [6, 6.07) is 22.5. The molecule has 0 bridgehead atoms. The van der Waals surface area contributed by atoms with E-state index in [0.717, 1.165) is 18.8 Å². The molecule has 0 radical (unpaired) electrons. The Balaban J connectivity index is 1.79. The number of para-hydroxylation sites is 1. The maximum atomic E-state index is 13.0. The highest BCUT2D eigenvalue weighted by Crippen LogP contribution is 2.23. The van der Waals surface area contributed by atoms with Crippen molar-refractivity contribution in [2.75, 3.05) is 34.7 Å². The first kappa shape index (κ1) is 22.4. The maximum absolute atomic E-state index is 13.0. The van der Waals surface area contributed by atoms with Crippen LogP contribution in [0.3, 0.4) is 0 Å². The van der Waals surface area contributed by atoms with Gasteiger partial charge in [0.05, 0.1) is 10.6 Å². The minimum absolute atomic E-state index is 0.0587. The van der Waals surface area contributed by atoms with Crippen LogP contribution < -0.4 is 14.5 Å². The van der Waals surface area contributed by atoms with E-state index in [1.807, 2.05) is 30.3 Å². The van der Waals surface area contributed by atoms with Crippen LogP contribution in [0.15, 0.2) is 83.8 Å². The number of benzene rings is 3. The van der Waals surface area contributed by atoms with Crippen LogP contribution >= 0.6 is 0 Å². The lowest BCUT2D eigenvalue weighted by Gasteiger charge is -2.21. The summed E-state index contributed by atoms with van der Waals surface area (Å²) >= 11 is 0. The Morgan fingerprint density at radius 3 is 2.10 bits per heavy atom. The second-order valence-corrected chi connectivity index (χ2v) is 8.98. The predicted octanol–water partition coefficient (Wildman–Crippen LogP) is 4.61. The lowest BCUT2D eigenvalue weighted by molar-refractivity contribution is 0.102. The number of carbonyl (C=O) groups is 1. The molecule has 3 rings (SSSR count). The molecular formula is C24H27N3O3S. The Hall–Kier alpha value is -3.32. The van der Waals surface area contributed by atoms with Crippen molar-refractivity contribution >= 4 is 33.0 Å². The first-order valence-electron chi connectivity index (χ1n) is 10.2. The number of hydrogen-bond donors (Lipinski definition) is 1. The summed E-state index contributed by atoms with van der Waals surface area (Å²) in [6.45, 7) is 5.99. The molecule has 0 aliphatic rings. The van der Waals surface area contributed by atoms with Crippen LogP contribution in [0.4, 0.5) is 17.1 Å². The van der Waals surface area contributed by atoms with Gasteiger partial charge in [-0.05, 0) is 68.4 Å². The summed E-state index contributed by atoms with van der Waals surface area (Å²) in [7, 11) is -2.30. The van der Waals surface area contributed by atoms with Crippen molar-refractivity contribution in [3.8, 4) is 0 Å². The fraction of sp³-hybridized carbons (Fsp3) is 0.208. The Labute approximate surface area is 184 Å². The van der Waals surface area contributed by atoms with Gasteiger partial charge in [-0.15, -0.1) is 0 Å². The molecule has 0 fully saturated rings. The highest BCUT2D eigenvalue weighted by atomic mass is 32.2. The van der Waals surface area contributed by atoms with E-state index in [1.54, 1.807) is 36.4 Å². The van der Waals surface area contributed by atoms with Crippen molar-refractivity contribution < 1.29 is 13.2 Å². The van der Waals surface area contributed by atoms with E-state index in [1.165, 1.54) is 23.5 Å². The van der Waals surface area contributed by atoms with Crippen LogP contribution in [0.25, 0.3) is 0 Å². The summed E-state index contributed by atoms with van der Waals surface area (Å²) in [5, 5.41) is 2.83. The molecule has 1 N–H and O–H groups in total. The molecule has 0 aromatic heterocycles. The maximum Gasteiger partial charge on any atom is 0.264 e. The van der Waals surface area contributed by atoms with Crippen molar-refractivity contribution in [2.45, 2.75) is 18.7 Å². The molecule has 162 valence electrons. The van der Waals surface area contributed by atoms with E-state index < -0.39 is 10.0 Å². The molecule has 0 saturated heterocycles. The Morgan fingerprint density at radius 1 is 0.839 bits per heavy atom. The number of hydrogen-bond acceptors (Lipinski definition) is 4. The number of amides is 1. The summed E-state index contributed by atoms with van der Waals surface area (Å²) in [4.78, 5) is 15.0. The molecule has 1 amide bonds. The van der Waals surface area contributed by atoms with Crippen LogP contribution in [0.5, 0.6) is 0 Å². The molecule has 0 spiro atoms. The molecule has 3 aromatic carbocycles. The summed E-state index contributed by atoms with van der Waals surface area (Å²) in [5.74, 6) is -0.366. The zero-order chi connectivity index (χ0) is 22.4. The first-order valence-corrected chi connectivity index (χ1v) is 11.6. The van der Waals surface area contributed by atoms with E-state index in [0.29, 0.717) is 11.4 Å². The minimum Gasteiger partial charge on any atom is -0.372 e. The normalized spacial score (nSPS) is 11.1. The molecule has 31 heavy (non-hydrogen) atoms. The van der Waals surface area contributed by atoms with Crippen LogP contribution in [0.2, 0.25) is 0 Å². The third-order valence-electron chi connectivity index (χ3n) is 5.13. The fourth-order valence-corrected chi connectivity index (χ4v) is 4.52. The standard InChI is InChI=1S/C24H27N3O3S/c1-4-27(5-2)22-16-14-20(15-17-22)25-24(28)19-10-9-13-23(18-19)31(29,30)26(3)21-11-7-6-8-12-21/h6-18H,4-5H2,1-3H3,(H,25,28). The molecule has 6 nitrogen and oxygen atoms in total. The fourth-order valence-electron chi connectivity index (χ4n) is 3.28. The topological polar surface area (TPSA) is 69.7 Å². The monoisotopic (exact) mass is 437 g/mol. The number of sulfonamides is 1. The molecule has 0 unspecified atom stereocenters. The largest absolute Gasteiger partial charge is 0.372 e. The molecule has 3 aromatic rings. The van der Waals surface area contributed by atoms with Gasteiger partial charge in [-0.3, -0.25) is 9.10 Å². The van der Waals surface area contributed by atoms with Crippen molar-refractivity contribution in [3.63, 3.8) is 0 Å². The van der Waals surface area contributed by atoms with Crippen molar-refractivity contribution in [3.05, 3.63) is 84.4 Å². The van der Waals surface area contributed by atoms with E-state index in [2.05, 4.69) is 24.1 Å². The van der Waals surface area contributed by atoms with Gasteiger partial charge in [0.1, 0.15) is 0 Å². The smallest absolute Gasteiger partial charge is 0.264 e. The average Bonchev–Trinajstić information content (AvgIpc) is 2.81. The van der Waals surface area contributed by atoms with Gasteiger partial charge in [-0.1, -0.05) is 24.3 Å². The van der Waals surface area contributed by atoms with Crippen LogP contribution in [0, 0.1) is 0 Å².